The lowest BCUT2D eigenvalue weighted by Crippen LogP contribution is -2.83. The molecule has 2 N–H and O–H groups in total. The SMILES string of the molecule is COC(=O)[C@@H](O)[C@H]1[C@@]2(C)C[C@]3(OC(C)=O)[C@@H]([C@@H](OC(C)=O)[C@@]4(O)[C@@H](C[C@H](OC(C)=O)[C@]5(C)[C@@H](c6ccoc6)OC(=O)C[C@@H]54)[C@]13C)[C@@H]2OC(C)=O. The van der Waals surface area contributed by atoms with E-state index >= 15 is 0 Å². The third kappa shape index (κ3) is 4.47. The fourth-order valence-corrected chi connectivity index (χ4v) is 11.8. The molecule has 0 spiro atoms. The van der Waals surface area contributed by atoms with Gasteiger partial charge in [-0.3, -0.25) is 24.0 Å². The quantitative estimate of drug-likeness (QED) is 0.307. The van der Waals surface area contributed by atoms with Crippen molar-refractivity contribution in [3.63, 3.8) is 0 Å². The molecule has 5 aliphatic rings. The Bertz CT molecular complexity index is 1620. The van der Waals surface area contributed by atoms with Crippen molar-refractivity contribution >= 4 is 35.8 Å². The number of furan rings is 1. The van der Waals surface area contributed by atoms with Gasteiger partial charge in [-0.2, -0.15) is 0 Å². The van der Waals surface area contributed by atoms with Crippen LogP contribution >= 0.6 is 0 Å². The Morgan fingerprint density at radius 3 is 2.08 bits per heavy atom. The molecular formula is C35H44O15. The van der Waals surface area contributed by atoms with Crippen molar-refractivity contribution in [2.24, 2.45) is 39.9 Å². The average Bonchev–Trinajstić information content (AvgIpc) is 3.67. The Morgan fingerprint density at radius 1 is 0.920 bits per heavy atom. The van der Waals surface area contributed by atoms with Gasteiger partial charge in [0, 0.05) is 61.8 Å². The molecular weight excluding hydrogens is 660 g/mol. The van der Waals surface area contributed by atoms with Crippen LogP contribution in [0, 0.1) is 39.9 Å². The summed E-state index contributed by atoms with van der Waals surface area (Å²) in [4.78, 5) is 78.7. The van der Waals surface area contributed by atoms with Gasteiger partial charge in [0.05, 0.1) is 37.4 Å². The second kappa shape index (κ2) is 11.5. The molecule has 4 saturated carbocycles. The molecule has 1 saturated heterocycles. The Kier molecular flexibility index (Phi) is 8.26. The Morgan fingerprint density at radius 2 is 1.54 bits per heavy atom. The Hall–Kier alpha value is -3.98. The van der Waals surface area contributed by atoms with Gasteiger partial charge < -0.3 is 43.1 Å². The van der Waals surface area contributed by atoms with Crippen molar-refractivity contribution < 1.29 is 71.8 Å². The summed E-state index contributed by atoms with van der Waals surface area (Å²) in [5.41, 5.74) is -7.89. The normalized spacial score (nSPS) is 44.5. The van der Waals surface area contributed by atoms with Crippen molar-refractivity contribution in [3.05, 3.63) is 24.2 Å². The van der Waals surface area contributed by atoms with Gasteiger partial charge in [0.25, 0.3) is 0 Å². The predicted molar refractivity (Wildman–Crippen MR) is 164 cm³/mol. The summed E-state index contributed by atoms with van der Waals surface area (Å²) < 4.78 is 40.7. The van der Waals surface area contributed by atoms with E-state index in [0.717, 1.165) is 21.0 Å². The average molecular weight is 705 g/mol. The molecule has 14 atom stereocenters. The number of hydrogen-bond acceptors (Lipinski definition) is 15. The highest BCUT2D eigenvalue weighted by atomic mass is 16.6. The van der Waals surface area contributed by atoms with E-state index in [9.17, 15) is 39.0 Å². The smallest absolute Gasteiger partial charge is 0.335 e. The van der Waals surface area contributed by atoms with Gasteiger partial charge in [-0.1, -0.05) is 20.8 Å². The van der Waals surface area contributed by atoms with Crippen molar-refractivity contribution in [2.75, 3.05) is 7.11 Å². The van der Waals surface area contributed by atoms with Gasteiger partial charge in [-0.25, -0.2) is 4.79 Å². The molecule has 0 aromatic carbocycles. The predicted octanol–water partition coefficient (Wildman–Crippen LogP) is 1.95. The number of esters is 6. The fraction of sp³-hybridized carbons (Fsp3) is 0.714. The summed E-state index contributed by atoms with van der Waals surface area (Å²) in [5.74, 6) is -9.62. The van der Waals surface area contributed by atoms with Crippen LogP contribution in [0.4, 0.5) is 0 Å². The summed E-state index contributed by atoms with van der Waals surface area (Å²) >= 11 is 0. The zero-order valence-electron chi connectivity index (χ0n) is 29.3. The molecule has 0 radical (unpaired) electrons. The lowest BCUT2D eigenvalue weighted by Gasteiger charge is -2.73. The third-order valence-corrected chi connectivity index (χ3v) is 13.0. The number of ether oxygens (including phenoxy) is 6. The van der Waals surface area contributed by atoms with Crippen LogP contribution in [0.25, 0.3) is 0 Å². The van der Waals surface area contributed by atoms with Crippen molar-refractivity contribution in [2.45, 2.75) is 109 Å². The summed E-state index contributed by atoms with van der Waals surface area (Å²) in [7, 11) is 1.10. The highest BCUT2D eigenvalue weighted by Crippen LogP contribution is 2.82. The van der Waals surface area contributed by atoms with Gasteiger partial charge in [-0.05, 0) is 18.9 Å². The molecule has 0 amide bonds. The number of fused-ring (bicyclic) bond motifs is 5. The minimum Gasteiger partial charge on any atom is -0.472 e. The highest BCUT2D eigenvalue weighted by molar-refractivity contribution is 5.76. The largest absolute Gasteiger partial charge is 0.472 e. The molecule has 15 nitrogen and oxygen atoms in total. The maximum atomic E-state index is 13.7. The van der Waals surface area contributed by atoms with Crippen LogP contribution in [0.5, 0.6) is 0 Å². The second-order valence-electron chi connectivity index (χ2n) is 15.3. The molecule has 2 heterocycles. The number of cyclic esters (lactones) is 1. The number of aliphatic hydroxyl groups excluding tert-OH is 1. The van der Waals surface area contributed by atoms with Crippen molar-refractivity contribution in [3.8, 4) is 0 Å². The van der Waals surface area contributed by atoms with Crippen LogP contribution in [0.15, 0.2) is 23.0 Å². The van der Waals surface area contributed by atoms with Crippen molar-refractivity contribution in [1.82, 2.24) is 0 Å². The van der Waals surface area contributed by atoms with Crippen LogP contribution < -0.4 is 0 Å². The number of hydrogen-bond donors (Lipinski definition) is 2. The lowest BCUT2D eigenvalue weighted by atomic mass is 9.35. The highest BCUT2D eigenvalue weighted by Gasteiger charge is 2.91. The number of carbonyl (C=O) groups is 6. The monoisotopic (exact) mass is 704 g/mol. The molecule has 1 aromatic rings. The lowest BCUT2D eigenvalue weighted by molar-refractivity contribution is -0.369. The van der Waals surface area contributed by atoms with E-state index in [0.29, 0.717) is 5.56 Å². The van der Waals surface area contributed by atoms with Crippen LogP contribution in [-0.2, 0) is 57.2 Å². The Balaban J connectivity index is 1.71. The number of methoxy groups -OCH3 is 1. The van der Waals surface area contributed by atoms with Crippen LogP contribution in [0.1, 0.15) is 79.4 Å². The summed E-state index contributed by atoms with van der Waals surface area (Å²) in [5, 5.41) is 25.6. The number of aliphatic hydroxyl groups is 2. The van der Waals surface area contributed by atoms with Gasteiger partial charge in [0.1, 0.15) is 35.6 Å². The molecule has 1 aliphatic heterocycles. The maximum absolute atomic E-state index is 13.7. The zero-order valence-corrected chi connectivity index (χ0v) is 29.3. The van der Waals surface area contributed by atoms with E-state index < -0.39 is 124 Å². The minimum absolute atomic E-state index is 0.0817. The first-order valence-corrected chi connectivity index (χ1v) is 16.7. The summed E-state index contributed by atoms with van der Waals surface area (Å²) in [6, 6.07) is 1.58. The number of rotatable bonds is 7. The molecule has 2 bridgehead atoms. The van der Waals surface area contributed by atoms with E-state index in [4.69, 9.17) is 32.8 Å². The maximum Gasteiger partial charge on any atom is 0.335 e. The molecule has 274 valence electrons. The summed E-state index contributed by atoms with van der Waals surface area (Å²) in [6.07, 6.45) is -4.92. The first kappa shape index (κ1) is 35.8. The molecule has 6 rings (SSSR count). The second-order valence-corrected chi connectivity index (χ2v) is 15.3. The van der Waals surface area contributed by atoms with E-state index in [-0.39, 0.29) is 12.8 Å². The topological polar surface area (TPSA) is 211 Å². The molecule has 15 heteroatoms. The molecule has 50 heavy (non-hydrogen) atoms. The third-order valence-electron chi connectivity index (χ3n) is 13.0. The van der Waals surface area contributed by atoms with E-state index in [1.807, 2.05) is 0 Å². The molecule has 4 aliphatic carbocycles. The van der Waals surface area contributed by atoms with Gasteiger partial charge in [0.2, 0.25) is 0 Å². The van der Waals surface area contributed by atoms with Gasteiger partial charge in [-0.15, -0.1) is 0 Å². The van der Waals surface area contributed by atoms with E-state index in [2.05, 4.69) is 0 Å². The molecule has 5 fully saturated rings. The van der Waals surface area contributed by atoms with E-state index in [1.165, 1.54) is 26.4 Å². The first-order valence-electron chi connectivity index (χ1n) is 16.7. The van der Waals surface area contributed by atoms with Crippen LogP contribution in [0.2, 0.25) is 0 Å². The molecule has 1 aromatic heterocycles. The first-order chi connectivity index (χ1) is 23.2. The van der Waals surface area contributed by atoms with E-state index in [1.54, 1.807) is 26.8 Å². The van der Waals surface area contributed by atoms with Crippen LogP contribution in [0.3, 0.4) is 0 Å². The molecule has 0 unspecified atom stereocenters. The summed E-state index contributed by atoms with van der Waals surface area (Å²) in [6.45, 7) is 9.73. The van der Waals surface area contributed by atoms with Gasteiger partial charge >= 0.3 is 35.8 Å². The minimum atomic E-state index is -2.24. The zero-order chi connectivity index (χ0) is 36.9. The number of carbonyl (C=O) groups excluding carboxylic acids is 6. The van der Waals surface area contributed by atoms with Crippen molar-refractivity contribution in [1.29, 1.82) is 0 Å². The standard InChI is InChI=1S/C35H44O15/c1-15(36)46-22-11-21-33(7)26(25(41)30(42)44-8)31(5)14-34(33,50-18(4)39)24(28(31)47-16(2)37)29(48-17(3)38)35(21,43)20-12-23(40)49-27(32(20,22)6)19-9-10-45-13-19/h9-10,13,20-22,24-29,41,43H,11-12,14H2,1-8H3/t20-,21-,22-,24+,25-,26-,27+,28-,29+,31+,32+,33+,34-,35-/m0/s1. The Labute approximate surface area is 288 Å². The van der Waals surface area contributed by atoms with Crippen LogP contribution in [-0.4, -0.2) is 88.8 Å². The fourth-order valence-electron chi connectivity index (χ4n) is 11.8. The van der Waals surface area contributed by atoms with Gasteiger partial charge in [0.15, 0.2) is 6.10 Å².